The Bertz CT molecular complexity index is 592. The first-order chi connectivity index (χ1) is 9.13. The van der Waals surface area contributed by atoms with Crippen LogP contribution in [0.4, 0.5) is 0 Å². The molecule has 1 N–H and O–H groups in total. The highest BCUT2D eigenvalue weighted by Gasteiger charge is 2.11. The fourth-order valence-corrected chi connectivity index (χ4v) is 2.13. The molecule has 1 amide bonds. The van der Waals surface area contributed by atoms with Crippen LogP contribution in [-0.2, 0) is 13.1 Å². The highest BCUT2D eigenvalue weighted by molar-refractivity contribution is 6.31. The van der Waals surface area contributed by atoms with E-state index in [9.17, 15) is 4.79 Å². The highest BCUT2D eigenvalue weighted by atomic mass is 35.5. The number of amides is 1. The van der Waals surface area contributed by atoms with Crippen molar-refractivity contribution in [1.82, 2.24) is 15.1 Å². The van der Waals surface area contributed by atoms with Crippen molar-refractivity contribution in [2.45, 2.75) is 26.9 Å². The summed E-state index contributed by atoms with van der Waals surface area (Å²) in [5.74, 6) is -0.0991. The maximum absolute atomic E-state index is 12.1. The summed E-state index contributed by atoms with van der Waals surface area (Å²) in [5, 5.41) is 7.59. The second-order valence-electron chi connectivity index (χ2n) is 4.25. The lowest BCUT2D eigenvalue weighted by Gasteiger charge is -2.09. The van der Waals surface area contributed by atoms with Crippen molar-refractivity contribution in [3.05, 3.63) is 52.3 Å². The van der Waals surface area contributed by atoms with Gasteiger partial charge in [0.1, 0.15) is 0 Å². The van der Waals surface area contributed by atoms with Crippen molar-refractivity contribution in [3.63, 3.8) is 0 Å². The third-order valence-electron chi connectivity index (χ3n) is 3.00. The Labute approximate surface area is 117 Å². The molecule has 19 heavy (non-hydrogen) atoms. The Hall–Kier alpha value is -1.81. The molecule has 0 spiro atoms. The number of nitrogens with zero attached hydrogens (tertiary/aromatic N) is 2. The van der Waals surface area contributed by atoms with E-state index in [0.29, 0.717) is 17.1 Å². The molecule has 0 aliphatic carbocycles. The summed E-state index contributed by atoms with van der Waals surface area (Å²) in [5.41, 5.74) is 2.46. The number of carbonyl (C=O) groups excluding carboxylic acids is 1. The number of aromatic nitrogens is 2. The molecule has 0 aliphatic heterocycles. The zero-order valence-corrected chi connectivity index (χ0v) is 11.7. The summed E-state index contributed by atoms with van der Waals surface area (Å²) >= 11 is 6.05. The molecule has 100 valence electrons. The Morgan fingerprint density at radius 1 is 1.42 bits per heavy atom. The van der Waals surface area contributed by atoms with Crippen LogP contribution in [0.15, 0.2) is 30.5 Å². The molecule has 5 heteroatoms. The van der Waals surface area contributed by atoms with Crippen LogP contribution in [0.25, 0.3) is 0 Å². The van der Waals surface area contributed by atoms with Crippen LogP contribution in [0.5, 0.6) is 0 Å². The average molecular weight is 278 g/mol. The molecular weight excluding hydrogens is 262 g/mol. The highest BCUT2D eigenvalue weighted by Crippen LogP contribution is 2.15. The van der Waals surface area contributed by atoms with E-state index in [-0.39, 0.29) is 5.91 Å². The minimum atomic E-state index is -0.0991. The van der Waals surface area contributed by atoms with E-state index in [4.69, 9.17) is 11.6 Å². The largest absolute Gasteiger partial charge is 0.346 e. The van der Waals surface area contributed by atoms with E-state index in [1.807, 2.05) is 38.1 Å². The minimum Gasteiger partial charge on any atom is -0.346 e. The molecule has 0 radical (unpaired) electrons. The number of nitrogens with one attached hydrogen (secondary N) is 1. The van der Waals surface area contributed by atoms with Crippen molar-refractivity contribution in [3.8, 4) is 0 Å². The van der Waals surface area contributed by atoms with Gasteiger partial charge in [-0.2, -0.15) is 5.10 Å². The third-order valence-corrected chi connectivity index (χ3v) is 3.32. The molecule has 4 nitrogen and oxygen atoms in total. The maximum Gasteiger partial charge on any atom is 0.251 e. The Morgan fingerprint density at radius 3 is 2.84 bits per heavy atom. The normalized spacial score (nSPS) is 10.5. The van der Waals surface area contributed by atoms with E-state index in [0.717, 1.165) is 17.8 Å². The maximum atomic E-state index is 12.1. The van der Waals surface area contributed by atoms with Gasteiger partial charge < -0.3 is 5.32 Å². The molecule has 0 saturated carbocycles. The topological polar surface area (TPSA) is 46.9 Å². The van der Waals surface area contributed by atoms with Crippen LogP contribution in [0.1, 0.15) is 28.5 Å². The molecule has 1 aromatic heterocycles. The number of aryl methyl sites for hydroxylation is 2. The zero-order valence-electron chi connectivity index (χ0n) is 11.0. The van der Waals surface area contributed by atoms with Crippen LogP contribution in [-0.4, -0.2) is 15.7 Å². The summed E-state index contributed by atoms with van der Waals surface area (Å²) < 4.78 is 1.78. The van der Waals surface area contributed by atoms with Gasteiger partial charge in [-0.3, -0.25) is 9.48 Å². The fraction of sp³-hybridized carbons (Fsp3) is 0.286. The Morgan fingerprint density at radius 2 is 2.16 bits per heavy atom. The van der Waals surface area contributed by atoms with Gasteiger partial charge in [-0.05, 0) is 25.5 Å². The first-order valence-corrected chi connectivity index (χ1v) is 6.55. The van der Waals surface area contributed by atoms with Gasteiger partial charge in [0.2, 0.25) is 0 Å². The SMILES string of the molecule is CCn1ncc(Cl)c1CNC(=O)c1ccccc1C. The second kappa shape index (κ2) is 5.89. The smallest absolute Gasteiger partial charge is 0.251 e. The van der Waals surface area contributed by atoms with Crippen LogP contribution in [0.2, 0.25) is 5.02 Å². The second-order valence-corrected chi connectivity index (χ2v) is 4.66. The van der Waals surface area contributed by atoms with E-state index >= 15 is 0 Å². The van der Waals surface area contributed by atoms with Gasteiger partial charge in [-0.1, -0.05) is 29.8 Å². The monoisotopic (exact) mass is 277 g/mol. The van der Waals surface area contributed by atoms with Gasteiger partial charge in [0.15, 0.2) is 0 Å². The first kappa shape index (κ1) is 13.6. The van der Waals surface area contributed by atoms with E-state index in [1.165, 1.54) is 0 Å². The number of rotatable bonds is 4. The number of carbonyl (C=O) groups is 1. The molecule has 0 unspecified atom stereocenters. The van der Waals surface area contributed by atoms with Gasteiger partial charge in [0.25, 0.3) is 5.91 Å². The lowest BCUT2D eigenvalue weighted by atomic mass is 10.1. The summed E-state index contributed by atoms with van der Waals surface area (Å²) in [6.45, 7) is 5.00. The summed E-state index contributed by atoms with van der Waals surface area (Å²) in [6, 6.07) is 7.49. The predicted octanol–water partition coefficient (Wildman–Crippen LogP) is 2.79. The molecule has 0 saturated heterocycles. The molecule has 2 aromatic rings. The molecule has 0 aliphatic rings. The van der Waals surface area contributed by atoms with Gasteiger partial charge in [-0.15, -0.1) is 0 Å². The first-order valence-electron chi connectivity index (χ1n) is 6.17. The number of halogens is 1. The molecule has 1 aromatic carbocycles. The average Bonchev–Trinajstić information content (AvgIpc) is 2.77. The van der Waals surface area contributed by atoms with Crippen LogP contribution in [0, 0.1) is 6.92 Å². The zero-order chi connectivity index (χ0) is 13.8. The fourth-order valence-electron chi connectivity index (χ4n) is 1.92. The molecular formula is C14H16ClN3O. The standard InChI is InChI=1S/C14H16ClN3O/c1-3-18-13(12(15)8-17-18)9-16-14(19)11-7-5-4-6-10(11)2/h4-8H,3,9H2,1-2H3,(H,16,19). The summed E-state index contributed by atoms with van der Waals surface area (Å²) in [6.07, 6.45) is 1.60. The summed E-state index contributed by atoms with van der Waals surface area (Å²) in [4.78, 5) is 12.1. The van der Waals surface area contributed by atoms with Gasteiger partial charge in [-0.25, -0.2) is 0 Å². The number of hydrogen-bond donors (Lipinski definition) is 1. The molecule has 2 rings (SSSR count). The van der Waals surface area contributed by atoms with Gasteiger partial charge in [0, 0.05) is 12.1 Å². The Kier molecular flexibility index (Phi) is 4.22. The van der Waals surface area contributed by atoms with Crippen molar-refractivity contribution in [2.75, 3.05) is 0 Å². The van der Waals surface area contributed by atoms with Crippen molar-refractivity contribution in [1.29, 1.82) is 0 Å². The molecule has 0 fully saturated rings. The lowest BCUT2D eigenvalue weighted by Crippen LogP contribution is -2.25. The Balaban J connectivity index is 2.09. The van der Waals surface area contributed by atoms with Crippen LogP contribution < -0.4 is 5.32 Å². The van der Waals surface area contributed by atoms with Gasteiger partial charge in [0.05, 0.1) is 23.5 Å². The van der Waals surface area contributed by atoms with E-state index in [2.05, 4.69) is 10.4 Å². The predicted molar refractivity (Wildman–Crippen MR) is 75.3 cm³/mol. The number of hydrogen-bond acceptors (Lipinski definition) is 2. The van der Waals surface area contributed by atoms with E-state index in [1.54, 1.807) is 10.9 Å². The van der Waals surface area contributed by atoms with Crippen molar-refractivity contribution >= 4 is 17.5 Å². The molecule has 0 atom stereocenters. The van der Waals surface area contributed by atoms with Gasteiger partial charge >= 0.3 is 0 Å². The minimum absolute atomic E-state index is 0.0991. The summed E-state index contributed by atoms with van der Waals surface area (Å²) in [7, 11) is 0. The van der Waals surface area contributed by atoms with Crippen LogP contribution in [0.3, 0.4) is 0 Å². The number of benzene rings is 1. The van der Waals surface area contributed by atoms with E-state index < -0.39 is 0 Å². The van der Waals surface area contributed by atoms with Crippen molar-refractivity contribution < 1.29 is 4.79 Å². The van der Waals surface area contributed by atoms with Crippen LogP contribution >= 0.6 is 11.6 Å². The molecule has 1 heterocycles. The van der Waals surface area contributed by atoms with Crippen molar-refractivity contribution in [2.24, 2.45) is 0 Å². The molecule has 0 bridgehead atoms. The lowest BCUT2D eigenvalue weighted by molar-refractivity contribution is 0.0949. The third kappa shape index (κ3) is 2.96. The quantitative estimate of drug-likeness (QED) is 0.934.